The van der Waals surface area contributed by atoms with Crippen LogP contribution >= 0.6 is 0 Å². The van der Waals surface area contributed by atoms with E-state index < -0.39 is 11.8 Å². The molecule has 4 rings (SSSR count). The number of benzene rings is 2. The highest BCUT2D eigenvalue weighted by atomic mass is 16.5. The predicted molar refractivity (Wildman–Crippen MR) is 115 cm³/mol. The summed E-state index contributed by atoms with van der Waals surface area (Å²) in [5, 5.41) is 5.74. The van der Waals surface area contributed by atoms with Gasteiger partial charge >= 0.3 is 5.76 Å². The topological polar surface area (TPSA) is 103 Å². The normalized spacial score (nSPS) is 14.2. The summed E-state index contributed by atoms with van der Waals surface area (Å²) >= 11 is 0. The first-order chi connectivity index (χ1) is 15.0. The van der Waals surface area contributed by atoms with E-state index in [1.165, 1.54) is 4.57 Å². The van der Waals surface area contributed by atoms with Gasteiger partial charge in [0, 0.05) is 12.6 Å². The Hall–Kier alpha value is -3.55. The summed E-state index contributed by atoms with van der Waals surface area (Å²) in [7, 11) is 0. The third-order valence-electron chi connectivity index (χ3n) is 5.23. The van der Waals surface area contributed by atoms with E-state index in [-0.39, 0.29) is 18.4 Å². The van der Waals surface area contributed by atoms with Gasteiger partial charge in [-0.05, 0) is 56.0 Å². The number of hydrogen-bond donors (Lipinski definition) is 2. The Labute approximate surface area is 179 Å². The lowest BCUT2D eigenvalue weighted by Crippen LogP contribution is -2.35. The SMILES string of the molecule is CC(C(=O)NCCc1ccc(OCC(=O)NC2CC2)cc1)n1c(=O)oc2ccccc21. The van der Waals surface area contributed by atoms with E-state index in [1.807, 2.05) is 12.1 Å². The Morgan fingerprint density at radius 2 is 1.90 bits per heavy atom. The number of oxazole rings is 1. The van der Waals surface area contributed by atoms with Crippen LogP contribution in [-0.4, -0.2) is 35.6 Å². The molecule has 31 heavy (non-hydrogen) atoms. The molecule has 0 bridgehead atoms. The highest BCUT2D eigenvalue weighted by Crippen LogP contribution is 2.19. The van der Waals surface area contributed by atoms with Crippen LogP contribution in [0.3, 0.4) is 0 Å². The van der Waals surface area contributed by atoms with Crippen molar-refractivity contribution in [2.75, 3.05) is 13.2 Å². The van der Waals surface area contributed by atoms with Gasteiger partial charge in [0.2, 0.25) is 5.91 Å². The van der Waals surface area contributed by atoms with Crippen LogP contribution in [-0.2, 0) is 16.0 Å². The number of rotatable bonds is 9. The van der Waals surface area contributed by atoms with Crippen LogP contribution < -0.4 is 21.1 Å². The second-order valence-corrected chi connectivity index (χ2v) is 7.70. The summed E-state index contributed by atoms with van der Waals surface area (Å²) in [6.07, 6.45) is 2.72. The molecule has 1 aliphatic carbocycles. The summed E-state index contributed by atoms with van der Waals surface area (Å²) in [5.41, 5.74) is 2.07. The molecule has 1 atom stereocenters. The van der Waals surface area contributed by atoms with Gasteiger partial charge in [-0.3, -0.25) is 14.2 Å². The number of nitrogens with one attached hydrogen (secondary N) is 2. The van der Waals surface area contributed by atoms with Gasteiger partial charge in [0.15, 0.2) is 12.2 Å². The zero-order valence-electron chi connectivity index (χ0n) is 17.3. The van der Waals surface area contributed by atoms with Crippen molar-refractivity contribution < 1.29 is 18.7 Å². The number of hydrogen-bond acceptors (Lipinski definition) is 5. The highest BCUT2D eigenvalue weighted by Gasteiger charge is 2.23. The first kappa shape index (κ1) is 20.7. The number of fused-ring (bicyclic) bond motifs is 1. The van der Waals surface area contributed by atoms with Crippen molar-refractivity contribution in [3.05, 3.63) is 64.6 Å². The van der Waals surface area contributed by atoms with Gasteiger partial charge in [-0.1, -0.05) is 24.3 Å². The highest BCUT2D eigenvalue weighted by molar-refractivity contribution is 5.82. The molecule has 8 heteroatoms. The van der Waals surface area contributed by atoms with Crippen molar-refractivity contribution in [2.45, 2.75) is 38.3 Å². The van der Waals surface area contributed by atoms with E-state index in [0.717, 1.165) is 18.4 Å². The third kappa shape index (κ3) is 5.14. The van der Waals surface area contributed by atoms with E-state index in [1.54, 1.807) is 43.3 Å². The third-order valence-corrected chi connectivity index (χ3v) is 5.23. The summed E-state index contributed by atoms with van der Waals surface area (Å²) in [6.45, 7) is 2.10. The molecular formula is C23H25N3O5. The predicted octanol–water partition coefficient (Wildman–Crippen LogP) is 2.17. The molecule has 3 aromatic rings. The Kier molecular flexibility index (Phi) is 6.06. The number of aromatic nitrogens is 1. The molecule has 0 spiro atoms. The van der Waals surface area contributed by atoms with Gasteiger partial charge in [-0.25, -0.2) is 4.79 Å². The van der Waals surface area contributed by atoms with Gasteiger partial charge in [-0.2, -0.15) is 0 Å². The minimum Gasteiger partial charge on any atom is -0.484 e. The molecule has 1 heterocycles. The maximum atomic E-state index is 12.5. The van der Waals surface area contributed by atoms with Crippen LogP contribution in [0.2, 0.25) is 0 Å². The molecule has 2 amide bonds. The van der Waals surface area contributed by atoms with Crippen LogP contribution in [0.15, 0.2) is 57.7 Å². The average molecular weight is 423 g/mol. The molecule has 2 aromatic carbocycles. The number of carbonyl (C=O) groups is 2. The number of amides is 2. The van der Waals surface area contributed by atoms with Crippen LogP contribution in [0.25, 0.3) is 11.1 Å². The quantitative estimate of drug-likeness (QED) is 0.549. The summed E-state index contributed by atoms with van der Waals surface area (Å²) in [6, 6.07) is 14.1. The molecule has 1 aliphatic rings. The molecule has 162 valence electrons. The molecule has 0 saturated heterocycles. The fourth-order valence-electron chi connectivity index (χ4n) is 3.34. The zero-order chi connectivity index (χ0) is 21.8. The smallest absolute Gasteiger partial charge is 0.420 e. The van der Waals surface area contributed by atoms with E-state index in [0.29, 0.717) is 35.9 Å². The van der Waals surface area contributed by atoms with Crippen LogP contribution in [0.1, 0.15) is 31.4 Å². The van der Waals surface area contributed by atoms with Crippen LogP contribution in [0.4, 0.5) is 0 Å². The number of nitrogens with zero attached hydrogens (tertiary/aromatic N) is 1. The zero-order valence-corrected chi connectivity index (χ0v) is 17.3. The van der Waals surface area contributed by atoms with Crippen molar-refractivity contribution in [3.8, 4) is 5.75 Å². The van der Waals surface area contributed by atoms with E-state index in [4.69, 9.17) is 9.15 Å². The van der Waals surface area contributed by atoms with Crippen LogP contribution in [0.5, 0.6) is 5.75 Å². The maximum Gasteiger partial charge on any atom is 0.420 e. The first-order valence-corrected chi connectivity index (χ1v) is 10.4. The maximum absolute atomic E-state index is 12.5. The van der Waals surface area contributed by atoms with Crippen LogP contribution in [0, 0.1) is 0 Å². The lowest BCUT2D eigenvalue weighted by molar-refractivity contribution is -0.124. The van der Waals surface area contributed by atoms with Gasteiger partial charge in [-0.15, -0.1) is 0 Å². The average Bonchev–Trinajstić information content (AvgIpc) is 3.51. The van der Waals surface area contributed by atoms with Gasteiger partial charge < -0.3 is 19.8 Å². The second-order valence-electron chi connectivity index (χ2n) is 7.70. The molecule has 1 saturated carbocycles. The van der Waals surface area contributed by atoms with E-state index in [2.05, 4.69) is 10.6 Å². The molecule has 1 fully saturated rings. The monoisotopic (exact) mass is 423 g/mol. The van der Waals surface area contributed by atoms with Crippen molar-refractivity contribution in [1.82, 2.24) is 15.2 Å². The molecule has 1 unspecified atom stereocenters. The van der Waals surface area contributed by atoms with Crippen molar-refractivity contribution in [1.29, 1.82) is 0 Å². The minimum absolute atomic E-state index is 0.00581. The summed E-state index contributed by atoms with van der Waals surface area (Å²) in [5.74, 6) is -0.285. The summed E-state index contributed by atoms with van der Waals surface area (Å²) in [4.78, 5) is 36.4. The number of para-hydroxylation sites is 2. The minimum atomic E-state index is -0.686. The Bertz CT molecular complexity index is 1130. The van der Waals surface area contributed by atoms with Crippen molar-refractivity contribution in [3.63, 3.8) is 0 Å². The summed E-state index contributed by atoms with van der Waals surface area (Å²) < 4.78 is 12.0. The van der Waals surface area contributed by atoms with Gasteiger partial charge in [0.1, 0.15) is 11.8 Å². The fourth-order valence-corrected chi connectivity index (χ4v) is 3.34. The lowest BCUT2D eigenvalue weighted by Gasteiger charge is -2.13. The lowest BCUT2D eigenvalue weighted by atomic mass is 10.1. The number of carbonyl (C=O) groups excluding carboxylic acids is 2. The fraction of sp³-hybridized carbons (Fsp3) is 0.348. The Morgan fingerprint density at radius 3 is 2.65 bits per heavy atom. The second kappa shape index (κ2) is 9.07. The first-order valence-electron chi connectivity index (χ1n) is 10.4. The largest absolute Gasteiger partial charge is 0.484 e. The van der Waals surface area contributed by atoms with Gasteiger partial charge in [0.25, 0.3) is 5.91 Å². The molecule has 0 aliphatic heterocycles. The van der Waals surface area contributed by atoms with E-state index in [9.17, 15) is 14.4 Å². The molecule has 1 aromatic heterocycles. The standard InChI is InChI=1S/C23H25N3O5/c1-15(26-19-4-2-3-5-20(19)31-23(26)29)22(28)24-13-12-16-6-10-18(11-7-16)30-14-21(27)25-17-8-9-17/h2-7,10-11,15,17H,8-9,12-14H2,1H3,(H,24,28)(H,25,27). The Balaban J connectivity index is 1.25. The Morgan fingerprint density at radius 1 is 1.16 bits per heavy atom. The molecule has 8 nitrogen and oxygen atoms in total. The van der Waals surface area contributed by atoms with Crippen molar-refractivity contribution >= 4 is 22.9 Å². The molecular weight excluding hydrogens is 398 g/mol. The van der Waals surface area contributed by atoms with Gasteiger partial charge in [0.05, 0.1) is 5.52 Å². The van der Waals surface area contributed by atoms with Crippen molar-refractivity contribution in [2.24, 2.45) is 0 Å². The molecule has 0 radical (unpaired) electrons. The van der Waals surface area contributed by atoms with E-state index >= 15 is 0 Å². The molecule has 2 N–H and O–H groups in total. The number of ether oxygens (including phenoxy) is 1.